The van der Waals surface area contributed by atoms with Crippen molar-refractivity contribution in [3.05, 3.63) is 36.3 Å². The summed E-state index contributed by atoms with van der Waals surface area (Å²) in [6, 6.07) is 3.90. The van der Waals surface area contributed by atoms with E-state index in [-0.39, 0.29) is 0 Å². The van der Waals surface area contributed by atoms with Crippen molar-refractivity contribution in [1.29, 1.82) is 0 Å². The molecule has 1 aromatic rings. The third kappa shape index (κ3) is 5.64. The third-order valence-corrected chi connectivity index (χ3v) is 3.01. The van der Waals surface area contributed by atoms with Crippen LogP contribution in [0.1, 0.15) is 25.5 Å². The highest BCUT2D eigenvalue weighted by Gasteiger charge is 2.21. The lowest BCUT2D eigenvalue weighted by Gasteiger charge is -2.11. The maximum absolute atomic E-state index is 5.31. The molecule has 2 rings (SSSR count). The molecule has 0 saturated heterocycles. The fourth-order valence-corrected chi connectivity index (χ4v) is 1.71. The summed E-state index contributed by atoms with van der Waals surface area (Å²) in [5.41, 5.74) is 1.07. The van der Waals surface area contributed by atoms with E-state index in [1.807, 2.05) is 19.1 Å². The van der Waals surface area contributed by atoms with Crippen molar-refractivity contribution < 1.29 is 4.42 Å². The average molecular weight is 261 g/mol. The quantitative estimate of drug-likeness (QED) is 0.450. The Labute approximate surface area is 115 Å². The topological polar surface area (TPSA) is 49.6 Å². The summed E-state index contributed by atoms with van der Waals surface area (Å²) in [4.78, 5) is 4.51. The molecule has 0 spiro atoms. The fraction of sp³-hybridized carbons (Fsp3) is 0.533. The molecule has 0 atom stereocenters. The number of hydrogen-bond acceptors (Lipinski definition) is 2. The van der Waals surface area contributed by atoms with Gasteiger partial charge in [-0.1, -0.05) is 12.2 Å². The first-order chi connectivity index (χ1) is 9.24. The normalized spacial score (nSPS) is 15.3. The SMILES string of the molecule is C=C(C)CN=C(NCCc1ccco1)NCC1CC1. The van der Waals surface area contributed by atoms with Crippen LogP contribution in [-0.2, 0) is 6.42 Å². The van der Waals surface area contributed by atoms with Gasteiger partial charge in [-0.25, -0.2) is 4.99 Å². The Kier molecular flexibility index (Phi) is 5.07. The number of hydrogen-bond donors (Lipinski definition) is 2. The Morgan fingerprint density at radius 1 is 1.47 bits per heavy atom. The smallest absolute Gasteiger partial charge is 0.191 e. The summed E-state index contributed by atoms with van der Waals surface area (Å²) < 4.78 is 5.31. The van der Waals surface area contributed by atoms with Gasteiger partial charge in [-0.05, 0) is 37.8 Å². The molecule has 104 valence electrons. The number of nitrogens with one attached hydrogen (secondary N) is 2. The summed E-state index contributed by atoms with van der Waals surface area (Å²) >= 11 is 0. The molecule has 1 fully saturated rings. The third-order valence-electron chi connectivity index (χ3n) is 3.01. The van der Waals surface area contributed by atoms with Gasteiger partial charge in [0.1, 0.15) is 5.76 Å². The predicted octanol–water partition coefficient (Wildman–Crippen LogP) is 2.34. The molecule has 19 heavy (non-hydrogen) atoms. The molecule has 1 aromatic heterocycles. The van der Waals surface area contributed by atoms with Crippen molar-refractivity contribution >= 4 is 5.96 Å². The monoisotopic (exact) mass is 261 g/mol. The molecule has 0 amide bonds. The van der Waals surface area contributed by atoms with Gasteiger partial charge in [0.25, 0.3) is 0 Å². The van der Waals surface area contributed by atoms with Crippen molar-refractivity contribution in [2.75, 3.05) is 19.6 Å². The molecule has 0 radical (unpaired) electrons. The number of rotatable bonds is 7. The second kappa shape index (κ2) is 7.02. The molecule has 1 saturated carbocycles. The highest BCUT2D eigenvalue weighted by Crippen LogP contribution is 2.27. The van der Waals surface area contributed by atoms with Crippen molar-refractivity contribution in [3.63, 3.8) is 0 Å². The molecule has 4 nitrogen and oxygen atoms in total. The van der Waals surface area contributed by atoms with Gasteiger partial charge in [0.05, 0.1) is 12.8 Å². The van der Waals surface area contributed by atoms with Crippen LogP contribution in [0.15, 0.2) is 40.0 Å². The van der Waals surface area contributed by atoms with Crippen LogP contribution < -0.4 is 10.6 Å². The lowest BCUT2D eigenvalue weighted by molar-refractivity contribution is 0.506. The van der Waals surface area contributed by atoms with Crippen LogP contribution >= 0.6 is 0 Å². The minimum Gasteiger partial charge on any atom is -0.469 e. The molecule has 1 heterocycles. The van der Waals surface area contributed by atoms with E-state index in [2.05, 4.69) is 22.2 Å². The van der Waals surface area contributed by atoms with Crippen LogP contribution in [0.4, 0.5) is 0 Å². The van der Waals surface area contributed by atoms with Gasteiger partial charge < -0.3 is 15.1 Å². The maximum Gasteiger partial charge on any atom is 0.191 e. The Hall–Kier alpha value is -1.71. The summed E-state index contributed by atoms with van der Waals surface area (Å²) in [6.07, 6.45) is 5.25. The number of furan rings is 1. The van der Waals surface area contributed by atoms with E-state index in [9.17, 15) is 0 Å². The van der Waals surface area contributed by atoms with E-state index in [0.717, 1.165) is 42.7 Å². The molecular formula is C15H23N3O. The first-order valence-corrected chi connectivity index (χ1v) is 6.93. The molecule has 1 aliphatic rings. The van der Waals surface area contributed by atoms with Gasteiger partial charge in [0, 0.05) is 19.5 Å². The highest BCUT2D eigenvalue weighted by molar-refractivity contribution is 5.79. The Balaban J connectivity index is 1.74. The highest BCUT2D eigenvalue weighted by atomic mass is 16.3. The van der Waals surface area contributed by atoms with Gasteiger partial charge >= 0.3 is 0 Å². The van der Waals surface area contributed by atoms with Gasteiger partial charge in [0.2, 0.25) is 0 Å². The molecule has 1 aliphatic carbocycles. The van der Waals surface area contributed by atoms with Crippen LogP contribution in [0.5, 0.6) is 0 Å². The number of guanidine groups is 1. The molecule has 0 unspecified atom stereocenters. The maximum atomic E-state index is 5.31. The molecular weight excluding hydrogens is 238 g/mol. The molecule has 0 aliphatic heterocycles. The lowest BCUT2D eigenvalue weighted by atomic mass is 10.3. The van der Waals surface area contributed by atoms with E-state index in [1.165, 1.54) is 12.8 Å². The zero-order valence-corrected chi connectivity index (χ0v) is 11.6. The Bertz CT molecular complexity index is 419. The second-order valence-corrected chi connectivity index (χ2v) is 5.20. The summed E-state index contributed by atoms with van der Waals surface area (Å²) in [5, 5.41) is 6.72. The van der Waals surface area contributed by atoms with Crippen LogP contribution in [-0.4, -0.2) is 25.6 Å². The van der Waals surface area contributed by atoms with Crippen molar-refractivity contribution in [3.8, 4) is 0 Å². The van der Waals surface area contributed by atoms with Crippen molar-refractivity contribution in [2.45, 2.75) is 26.2 Å². The van der Waals surface area contributed by atoms with E-state index in [4.69, 9.17) is 4.42 Å². The first-order valence-electron chi connectivity index (χ1n) is 6.93. The molecule has 0 aromatic carbocycles. The van der Waals surface area contributed by atoms with Crippen LogP contribution in [0.2, 0.25) is 0 Å². The van der Waals surface area contributed by atoms with E-state index in [1.54, 1.807) is 6.26 Å². The van der Waals surface area contributed by atoms with E-state index >= 15 is 0 Å². The number of aliphatic imine (C=N–C) groups is 1. The zero-order valence-electron chi connectivity index (χ0n) is 11.6. The van der Waals surface area contributed by atoms with Crippen LogP contribution in [0.25, 0.3) is 0 Å². The van der Waals surface area contributed by atoms with Crippen LogP contribution in [0.3, 0.4) is 0 Å². The zero-order chi connectivity index (χ0) is 13.5. The average Bonchev–Trinajstić information content (AvgIpc) is 3.07. The van der Waals surface area contributed by atoms with Gasteiger partial charge in [-0.3, -0.25) is 0 Å². The predicted molar refractivity (Wildman–Crippen MR) is 78.3 cm³/mol. The lowest BCUT2D eigenvalue weighted by Crippen LogP contribution is -2.39. The largest absolute Gasteiger partial charge is 0.469 e. The van der Waals surface area contributed by atoms with Crippen molar-refractivity contribution in [2.24, 2.45) is 10.9 Å². The Morgan fingerprint density at radius 3 is 2.95 bits per heavy atom. The van der Waals surface area contributed by atoms with E-state index in [0.29, 0.717) is 6.54 Å². The number of nitrogens with zero attached hydrogens (tertiary/aromatic N) is 1. The molecule has 4 heteroatoms. The molecule has 0 bridgehead atoms. The second-order valence-electron chi connectivity index (χ2n) is 5.20. The van der Waals surface area contributed by atoms with Crippen LogP contribution in [0, 0.1) is 5.92 Å². The van der Waals surface area contributed by atoms with E-state index < -0.39 is 0 Å². The summed E-state index contributed by atoms with van der Waals surface area (Å²) in [5.74, 6) is 2.71. The Morgan fingerprint density at radius 2 is 2.32 bits per heavy atom. The van der Waals surface area contributed by atoms with Gasteiger partial charge in [0.15, 0.2) is 5.96 Å². The fourth-order valence-electron chi connectivity index (χ4n) is 1.71. The summed E-state index contributed by atoms with van der Waals surface area (Å²) in [6.45, 7) is 8.37. The van der Waals surface area contributed by atoms with Crippen molar-refractivity contribution in [1.82, 2.24) is 10.6 Å². The van der Waals surface area contributed by atoms with Gasteiger partial charge in [-0.2, -0.15) is 0 Å². The van der Waals surface area contributed by atoms with Gasteiger partial charge in [-0.15, -0.1) is 0 Å². The molecule has 2 N–H and O–H groups in total. The first kappa shape index (κ1) is 13.7. The summed E-state index contributed by atoms with van der Waals surface area (Å²) in [7, 11) is 0. The standard InChI is InChI=1S/C15H23N3O/c1-12(2)10-17-15(18-11-13-5-6-13)16-8-7-14-4-3-9-19-14/h3-4,9,13H,1,5-8,10-11H2,2H3,(H2,16,17,18). The minimum absolute atomic E-state index is 0.667. The minimum atomic E-state index is 0.667.